The third kappa shape index (κ3) is 7.28. The second-order valence-electron chi connectivity index (χ2n) is 6.91. The molecule has 0 amide bonds. The summed E-state index contributed by atoms with van der Waals surface area (Å²) in [5.41, 5.74) is 0.379. The SMILES string of the molecule is CCOCCN1CC[C@H](OCCC(C)(C)C)C[C@@H]1C. The van der Waals surface area contributed by atoms with Crippen molar-refractivity contribution in [3.63, 3.8) is 0 Å². The van der Waals surface area contributed by atoms with Gasteiger partial charge in [-0.25, -0.2) is 0 Å². The number of hydrogen-bond acceptors (Lipinski definition) is 3. The molecule has 19 heavy (non-hydrogen) atoms. The Morgan fingerprint density at radius 1 is 1.21 bits per heavy atom. The van der Waals surface area contributed by atoms with Gasteiger partial charge in [-0.1, -0.05) is 20.8 Å². The Morgan fingerprint density at radius 2 is 1.95 bits per heavy atom. The highest BCUT2D eigenvalue weighted by Gasteiger charge is 2.25. The van der Waals surface area contributed by atoms with Gasteiger partial charge in [-0.15, -0.1) is 0 Å². The summed E-state index contributed by atoms with van der Waals surface area (Å²) in [6.07, 6.45) is 3.93. The second kappa shape index (κ2) is 8.23. The van der Waals surface area contributed by atoms with Crippen molar-refractivity contribution < 1.29 is 9.47 Å². The van der Waals surface area contributed by atoms with Crippen LogP contribution in [0.25, 0.3) is 0 Å². The zero-order chi connectivity index (χ0) is 14.3. The van der Waals surface area contributed by atoms with E-state index in [1.807, 2.05) is 0 Å². The van der Waals surface area contributed by atoms with Crippen molar-refractivity contribution in [2.75, 3.05) is 32.9 Å². The molecule has 3 heteroatoms. The molecule has 114 valence electrons. The third-order valence-corrected chi connectivity index (χ3v) is 3.90. The van der Waals surface area contributed by atoms with Crippen molar-refractivity contribution >= 4 is 0 Å². The van der Waals surface area contributed by atoms with Crippen LogP contribution in [0.4, 0.5) is 0 Å². The van der Waals surface area contributed by atoms with Crippen LogP contribution in [0.15, 0.2) is 0 Å². The van der Waals surface area contributed by atoms with E-state index in [0.29, 0.717) is 17.6 Å². The molecule has 1 rings (SSSR count). The van der Waals surface area contributed by atoms with Gasteiger partial charge in [-0.3, -0.25) is 4.90 Å². The molecule has 0 N–H and O–H groups in total. The molecule has 0 unspecified atom stereocenters. The number of hydrogen-bond donors (Lipinski definition) is 0. The highest BCUT2D eigenvalue weighted by Crippen LogP contribution is 2.22. The summed E-state index contributed by atoms with van der Waals surface area (Å²) >= 11 is 0. The van der Waals surface area contributed by atoms with Crippen LogP contribution in [0.2, 0.25) is 0 Å². The van der Waals surface area contributed by atoms with E-state index in [1.165, 1.54) is 6.42 Å². The fourth-order valence-electron chi connectivity index (χ4n) is 2.52. The average Bonchev–Trinajstić information content (AvgIpc) is 2.30. The molecule has 0 aliphatic carbocycles. The predicted molar refractivity (Wildman–Crippen MR) is 80.6 cm³/mol. The fraction of sp³-hybridized carbons (Fsp3) is 1.00. The summed E-state index contributed by atoms with van der Waals surface area (Å²) in [7, 11) is 0. The summed E-state index contributed by atoms with van der Waals surface area (Å²) in [4.78, 5) is 2.53. The maximum atomic E-state index is 6.05. The molecule has 1 saturated heterocycles. The predicted octanol–water partition coefficient (Wildman–Crippen LogP) is 3.33. The smallest absolute Gasteiger partial charge is 0.0602 e. The van der Waals surface area contributed by atoms with Crippen LogP contribution < -0.4 is 0 Å². The summed E-state index contributed by atoms with van der Waals surface area (Å²) in [5, 5.41) is 0. The molecule has 1 heterocycles. The first-order valence-electron chi connectivity index (χ1n) is 7.86. The minimum atomic E-state index is 0.379. The van der Waals surface area contributed by atoms with E-state index in [0.717, 1.165) is 45.8 Å². The maximum Gasteiger partial charge on any atom is 0.0602 e. The number of ether oxygens (including phenoxy) is 2. The Labute approximate surface area is 119 Å². The largest absolute Gasteiger partial charge is 0.380 e. The molecule has 0 spiro atoms. The van der Waals surface area contributed by atoms with Gasteiger partial charge in [0.15, 0.2) is 0 Å². The molecule has 1 aliphatic rings. The molecular formula is C16H33NO2. The minimum absolute atomic E-state index is 0.379. The topological polar surface area (TPSA) is 21.7 Å². The van der Waals surface area contributed by atoms with Crippen LogP contribution in [-0.2, 0) is 9.47 Å². The van der Waals surface area contributed by atoms with Crippen LogP contribution in [0.1, 0.15) is 53.9 Å². The number of piperidine rings is 1. The minimum Gasteiger partial charge on any atom is -0.380 e. The Morgan fingerprint density at radius 3 is 2.53 bits per heavy atom. The molecule has 1 fully saturated rings. The van der Waals surface area contributed by atoms with E-state index in [2.05, 4.69) is 39.5 Å². The number of likely N-dealkylation sites (tertiary alicyclic amines) is 1. The Kier molecular flexibility index (Phi) is 7.33. The van der Waals surface area contributed by atoms with Crippen molar-refractivity contribution in [2.45, 2.75) is 66.0 Å². The first-order chi connectivity index (χ1) is 8.92. The van der Waals surface area contributed by atoms with E-state index < -0.39 is 0 Å². The van der Waals surface area contributed by atoms with Crippen molar-refractivity contribution in [3.05, 3.63) is 0 Å². The molecule has 0 radical (unpaired) electrons. The van der Waals surface area contributed by atoms with Gasteiger partial charge in [0.2, 0.25) is 0 Å². The lowest BCUT2D eigenvalue weighted by atomic mass is 9.93. The van der Waals surface area contributed by atoms with Crippen molar-refractivity contribution in [1.82, 2.24) is 4.90 Å². The van der Waals surface area contributed by atoms with E-state index in [1.54, 1.807) is 0 Å². The highest BCUT2D eigenvalue weighted by molar-refractivity contribution is 4.79. The quantitative estimate of drug-likeness (QED) is 0.663. The van der Waals surface area contributed by atoms with Gasteiger partial charge >= 0.3 is 0 Å². The fourth-order valence-corrected chi connectivity index (χ4v) is 2.52. The third-order valence-electron chi connectivity index (χ3n) is 3.90. The van der Waals surface area contributed by atoms with Gasteiger partial charge in [0, 0.05) is 32.3 Å². The standard InChI is InChI=1S/C16H33NO2/c1-6-18-12-10-17-9-7-15(13-14(17)2)19-11-8-16(3,4)5/h14-15H,6-13H2,1-5H3/t14-,15-/m0/s1. The summed E-state index contributed by atoms with van der Waals surface area (Å²) in [6.45, 7) is 16.0. The van der Waals surface area contributed by atoms with Crippen LogP contribution >= 0.6 is 0 Å². The van der Waals surface area contributed by atoms with E-state index in [4.69, 9.17) is 9.47 Å². The lowest BCUT2D eigenvalue weighted by Crippen LogP contribution is -2.45. The number of rotatable bonds is 7. The van der Waals surface area contributed by atoms with Gasteiger partial charge in [-0.2, -0.15) is 0 Å². The van der Waals surface area contributed by atoms with Gasteiger partial charge in [0.25, 0.3) is 0 Å². The number of nitrogens with zero attached hydrogens (tertiary/aromatic N) is 1. The molecule has 0 saturated carbocycles. The van der Waals surface area contributed by atoms with Crippen LogP contribution in [-0.4, -0.2) is 50.0 Å². The molecule has 1 aliphatic heterocycles. The summed E-state index contributed by atoms with van der Waals surface area (Å²) < 4.78 is 11.5. The molecular weight excluding hydrogens is 238 g/mol. The molecule has 0 aromatic rings. The van der Waals surface area contributed by atoms with Crippen molar-refractivity contribution in [1.29, 1.82) is 0 Å². The van der Waals surface area contributed by atoms with Gasteiger partial charge in [-0.05, 0) is 38.5 Å². The van der Waals surface area contributed by atoms with E-state index in [-0.39, 0.29) is 0 Å². The van der Waals surface area contributed by atoms with E-state index >= 15 is 0 Å². The van der Waals surface area contributed by atoms with Gasteiger partial charge < -0.3 is 9.47 Å². The first kappa shape index (κ1) is 16.9. The summed E-state index contributed by atoms with van der Waals surface area (Å²) in [5.74, 6) is 0. The molecule has 0 aromatic heterocycles. The lowest BCUT2D eigenvalue weighted by molar-refractivity contribution is -0.0253. The Balaban J connectivity index is 2.18. The zero-order valence-corrected chi connectivity index (χ0v) is 13.6. The molecule has 2 atom stereocenters. The summed E-state index contributed by atoms with van der Waals surface area (Å²) in [6, 6.07) is 0.619. The average molecular weight is 271 g/mol. The van der Waals surface area contributed by atoms with Crippen molar-refractivity contribution in [2.24, 2.45) is 5.41 Å². The monoisotopic (exact) mass is 271 g/mol. The zero-order valence-electron chi connectivity index (χ0n) is 13.6. The first-order valence-corrected chi connectivity index (χ1v) is 7.86. The normalized spacial score (nSPS) is 25.7. The van der Waals surface area contributed by atoms with Crippen molar-refractivity contribution in [3.8, 4) is 0 Å². The molecule has 0 bridgehead atoms. The van der Waals surface area contributed by atoms with Crippen LogP contribution in [0.5, 0.6) is 0 Å². The second-order valence-corrected chi connectivity index (χ2v) is 6.91. The maximum absolute atomic E-state index is 6.05. The van der Waals surface area contributed by atoms with E-state index in [9.17, 15) is 0 Å². The molecule has 3 nitrogen and oxygen atoms in total. The Bertz CT molecular complexity index is 237. The van der Waals surface area contributed by atoms with Crippen LogP contribution in [0, 0.1) is 5.41 Å². The van der Waals surface area contributed by atoms with Gasteiger partial charge in [0.05, 0.1) is 12.7 Å². The van der Waals surface area contributed by atoms with Gasteiger partial charge in [0.1, 0.15) is 0 Å². The molecule has 0 aromatic carbocycles. The Hall–Kier alpha value is -0.120. The highest BCUT2D eigenvalue weighted by atomic mass is 16.5. The lowest BCUT2D eigenvalue weighted by Gasteiger charge is -2.37. The van der Waals surface area contributed by atoms with Crippen LogP contribution in [0.3, 0.4) is 0 Å².